The van der Waals surface area contributed by atoms with E-state index in [0.717, 1.165) is 57.8 Å². The first-order chi connectivity index (χ1) is 14.0. The summed E-state index contributed by atoms with van der Waals surface area (Å²) in [5.74, 6) is 0.774. The molecule has 2 heterocycles. The molecule has 7 nitrogen and oxygen atoms in total. The molecular formula is C22H33N3O4. The molecule has 0 radical (unpaired) electrons. The molecule has 2 amide bonds. The second-order valence-corrected chi connectivity index (χ2v) is 7.91. The minimum absolute atomic E-state index is 0.0224. The third kappa shape index (κ3) is 6.44. The van der Waals surface area contributed by atoms with Crippen molar-refractivity contribution in [3.63, 3.8) is 0 Å². The highest BCUT2D eigenvalue weighted by Gasteiger charge is 2.31. The second kappa shape index (κ2) is 10.6. The van der Waals surface area contributed by atoms with Crippen molar-refractivity contribution in [1.29, 1.82) is 0 Å². The summed E-state index contributed by atoms with van der Waals surface area (Å²) in [5, 5.41) is 0. The summed E-state index contributed by atoms with van der Waals surface area (Å²) in [4.78, 5) is 30.9. The number of rotatable bonds is 8. The van der Waals surface area contributed by atoms with E-state index in [1.165, 1.54) is 0 Å². The number of nitrogens with zero attached hydrogens (tertiary/aromatic N) is 3. The molecule has 2 fully saturated rings. The summed E-state index contributed by atoms with van der Waals surface area (Å²) in [5.41, 5.74) is 1.10. The number of aryl methyl sites for hydroxylation is 1. The lowest BCUT2D eigenvalue weighted by atomic mass is 10.2. The van der Waals surface area contributed by atoms with Crippen molar-refractivity contribution in [3.05, 3.63) is 29.8 Å². The molecule has 0 N–H and O–H groups in total. The summed E-state index contributed by atoms with van der Waals surface area (Å²) in [6.45, 7) is 10.1. The van der Waals surface area contributed by atoms with Crippen LogP contribution in [-0.4, -0.2) is 91.6 Å². The van der Waals surface area contributed by atoms with Crippen molar-refractivity contribution < 1.29 is 19.1 Å². The maximum Gasteiger partial charge on any atom is 0.260 e. The van der Waals surface area contributed by atoms with Gasteiger partial charge in [-0.15, -0.1) is 0 Å². The van der Waals surface area contributed by atoms with E-state index in [4.69, 9.17) is 9.47 Å². The molecule has 7 heteroatoms. The Hall–Kier alpha value is -2.12. The van der Waals surface area contributed by atoms with Gasteiger partial charge in [-0.2, -0.15) is 0 Å². The molecule has 160 valence electrons. The van der Waals surface area contributed by atoms with E-state index in [1.807, 2.05) is 41.0 Å². The Morgan fingerprint density at radius 2 is 2.03 bits per heavy atom. The predicted molar refractivity (Wildman–Crippen MR) is 111 cm³/mol. The van der Waals surface area contributed by atoms with Crippen LogP contribution in [0.3, 0.4) is 0 Å². The number of morpholine rings is 1. The van der Waals surface area contributed by atoms with Crippen LogP contribution in [0.25, 0.3) is 0 Å². The molecule has 1 unspecified atom stereocenters. The number of ether oxygens (including phenoxy) is 2. The topological polar surface area (TPSA) is 62.3 Å². The highest BCUT2D eigenvalue weighted by molar-refractivity contribution is 5.78. The maximum atomic E-state index is 12.5. The smallest absolute Gasteiger partial charge is 0.260 e. The monoisotopic (exact) mass is 403 g/mol. The molecule has 0 aromatic heterocycles. The Balaban J connectivity index is 1.43. The summed E-state index contributed by atoms with van der Waals surface area (Å²) < 4.78 is 11.0. The average molecular weight is 404 g/mol. The number of hydrogen-bond acceptors (Lipinski definition) is 5. The Bertz CT molecular complexity index is 690. The highest BCUT2D eigenvalue weighted by Crippen LogP contribution is 2.18. The van der Waals surface area contributed by atoms with Crippen LogP contribution in [0.15, 0.2) is 24.3 Å². The van der Waals surface area contributed by atoms with Crippen LogP contribution in [0, 0.1) is 6.92 Å². The van der Waals surface area contributed by atoms with Gasteiger partial charge in [0.2, 0.25) is 5.91 Å². The molecule has 2 aliphatic rings. The van der Waals surface area contributed by atoms with Gasteiger partial charge >= 0.3 is 0 Å². The summed E-state index contributed by atoms with van der Waals surface area (Å²) in [6.07, 6.45) is 1.77. The van der Waals surface area contributed by atoms with Crippen molar-refractivity contribution in [2.75, 3.05) is 59.1 Å². The third-order valence-corrected chi connectivity index (χ3v) is 5.69. The Kier molecular flexibility index (Phi) is 7.89. The first-order valence-electron chi connectivity index (χ1n) is 10.6. The van der Waals surface area contributed by atoms with Crippen molar-refractivity contribution in [2.45, 2.75) is 32.7 Å². The van der Waals surface area contributed by atoms with Crippen LogP contribution in [0.5, 0.6) is 5.75 Å². The SMILES string of the molecule is CC(=O)N(CCCN1CCOCC1)C1CCN(C(=O)COc2cccc(C)c2)C1. The van der Waals surface area contributed by atoms with Crippen LogP contribution in [0.2, 0.25) is 0 Å². The van der Waals surface area contributed by atoms with Gasteiger partial charge in [-0.1, -0.05) is 12.1 Å². The van der Waals surface area contributed by atoms with E-state index in [9.17, 15) is 9.59 Å². The number of carbonyl (C=O) groups is 2. The zero-order valence-electron chi connectivity index (χ0n) is 17.6. The molecular weight excluding hydrogens is 370 g/mol. The molecule has 2 saturated heterocycles. The molecule has 3 rings (SSSR count). The number of likely N-dealkylation sites (tertiary alicyclic amines) is 1. The first-order valence-corrected chi connectivity index (χ1v) is 10.6. The third-order valence-electron chi connectivity index (χ3n) is 5.69. The fourth-order valence-electron chi connectivity index (χ4n) is 4.05. The summed E-state index contributed by atoms with van der Waals surface area (Å²) in [6, 6.07) is 7.79. The molecule has 1 aromatic rings. The fourth-order valence-corrected chi connectivity index (χ4v) is 4.05. The number of amides is 2. The molecule has 1 atom stereocenters. The first kappa shape index (κ1) is 21.6. The molecule has 1 aromatic carbocycles. The van der Waals surface area contributed by atoms with E-state index in [-0.39, 0.29) is 24.5 Å². The second-order valence-electron chi connectivity index (χ2n) is 7.91. The lowest BCUT2D eigenvalue weighted by Gasteiger charge is -2.30. The lowest BCUT2D eigenvalue weighted by molar-refractivity contribution is -0.134. The van der Waals surface area contributed by atoms with Gasteiger partial charge in [-0.05, 0) is 37.5 Å². The van der Waals surface area contributed by atoms with Gasteiger partial charge in [0.15, 0.2) is 6.61 Å². The maximum absolute atomic E-state index is 12.5. The molecule has 0 saturated carbocycles. The van der Waals surface area contributed by atoms with E-state index < -0.39 is 0 Å². The van der Waals surface area contributed by atoms with Crippen molar-refractivity contribution >= 4 is 11.8 Å². The zero-order chi connectivity index (χ0) is 20.6. The number of hydrogen-bond donors (Lipinski definition) is 0. The van der Waals surface area contributed by atoms with E-state index in [1.54, 1.807) is 6.92 Å². The highest BCUT2D eigenvalue weighted by atomic mass is 16.5. The Labute approximate surface area is 173 Å². The summed E-state index contributed by atoms with van der Waals surface area (Å²) in [7, 11) is 0. The number of carbonyl (C=O) groups excluding carboxylic acids is 2. The molecule has 29 heavy (non-hydrogen) atoms. The Morgan fingerprint density at radius 3 is 2.76 bits per heavy atom. The molecule has 2 aliphatic heterocycles. The average Bonchev–Trinajstić information content (AvgIpc) is 3.20. The van der Waals surface area contributed by atoms with Gasteiger partial charge in [0.25, 0.3) is 5.91 Å². The van der Waals surface area contributed by atoms with E-state index >= 15 is 0 Å². The molecule has 0 aliphatic carbocycles. The number of benzene rings is 1. The van der Waals surface area contributed by atoms with Crippen LogP contribution in [-0.2, 0) is 14.3 Å². The lowest BCUT2D eigenvalue weighted by Crippen LogP contribution is -2.44. The van der Waals surface area contributed by atoms with Gasteiger partial charge in [-0.25, -0.2) is 0 Å². The normalized spacial score (nSPS) is 19.9. The zero-order valence-corrected chi connectivity index (χ0v) is 17.6. The fraction of sp³-hybridized carbons (Fsp3) is 0.636. The predicted octanol–water partition coefficient (Wildman–Crippen LogP) is 1.55. The quantitative estimate of drug-likeness (QED) is 0.659. The largest absolute Gasteiger partial charge is 0.484 e. The van der Waals surface area contributed by atoms with Gasteiger partial charge < -0.3 is 19.3 Å². The minimum atomic E-state index is -0.0224. The Morgan fingerprint density at radius 1 is 1.24 bits per heavy atom. The van der Waals surface area contributed by atoms with E-state index in [2.05, 4.69) is 4.90 Å². The van der Waals surface area contributed by atoms with Gasteiger partial charge in [0.1, 0.15) is 5.75 Å². The standard InChI is InChI=1S/C22H33N3O4/c1-18-5-3-6-21(15-18)29-17-22(27)24-10-7-20(16-24)25(19(2)26)9-4-8-23-11-13-28-14-12-23/h3,5-6,15,20H,4,7-14,16-17H2,1-2H3. The summed E-state index contributed by atoms with van der Waals surface area (Å²) >= 11 is 0. The van der Waals surface area contributed by atoms with Crippen LogP contribution in [0.4, 0.5) is 0 Å². The molecule has 0 bridgehead atoms. The van der Waals surface area contributed by atoms with Gasteiger partial charge in [0, 0.05) is 46.2 Å². The van der Waals surface area contributed by atoms with Crippen molar-refractivity contribution in [3.8, 4) is 5.75 Å². The van der Waals surface area contributed by atoms with Gasteiger partial charge in [-0.3, -0.25) is 14.5 Å². The van der Waals surface area contributed by atoms with Crippen LogP contribution >= 0.6 is 0 Å². The van der Waals surface area contributed by atoms with Crippen molar-refractivity contribution in [2.24, 2.45) is 0 Å². The van der Waals surface area contributed by atoms with Crippen LogP contribution in [0.1, 0.15) is 25.3 Å². The van der Waals surface area contributed by atoms with E-state index in [0.29, 0.717) is 18.8 Å². The minimum Gasteiger partial charge on any atom is -0.484 e. The molecule has 0 spiro atoms. The van der Waals surface area contributed by atoms with Crippen LogP contribution < -0.4 is 4.74 Å². The van der Waals surface area contributed by atoms with Gasteiger partial charge in [0.05, 0.1) is 19.3 Å². The van der Waals surface area contributed by atoms with Crippen molar-refractivity contribution in [1.82, 2.24) is 14.7 Å².